The largest absolute Gasteiger partial charge is 0.288 e. The first-order valence-corrected chi connectivity index (χ1v) is 5.08. The predicted molar refractivity (Wildman–Crippen MR) is 56.4 cm³/mol. The van der Waals surface area contributed by atoms with Crippen molar-refractivity contribution in [2.75, 3.05) is 5.75 Å². The molecule has 0 spiro atoms. The topological polar surface area (TPSA) is 30.0 Å². The maximum absolute atomic E-state index is 12.4. The van der Waals surface area contributed by atoms with E-state index in [0.29, 0.717) is 5.75 Å². The average Bonchev–Trinajstić information content (AvgIpc) is 2.15. The van der Waals surface area contributed by atoms with E-state index in [2.05, 4.69) is 4.98 Å². The summed E-state index contributed by atoms with van der Waals surface area (Å²) in [6.45, 7) is 1.53. The third-order valence-electron chi connectivity index (χ3n) is 1.44. The van der Waals surface area contributed by atoms with Crippen LogP contribution in [0.4, 0.5) is 4.39 Å². The van der Waals surface area contributed by atoms with Crippen molar-refractivity contribution in [3.8, 4) is 0 Å². The molecule has 1 heterocycles. The van der Waals surface area contributed by atoms with Gasteiger partial charge in [0.1, 0.15) is 0 Å². The minimum atomic E-state index is -0.486. The van der Waals surface area contributed by atoms with Gasteiger partial charge in [-0.05, 0) is 17.7 Å². The molecule has 0 fully saturated rings. The van der Waals surface area contributed by atoms with E-state index in [1.807, 2.05) is 12.2 Å². The van der Waals surface area contributed by atoms with Gasteiger partial charge in [-0.3, -0.25) is 4.79 Å². The fourth-order valence-electron chi connectivity index (χ4n) is 0.836. The molecule has 1 aromatic heterocycles. The lowest BCUT2D eigenvalue weighted by Crippen LogP contribution is -1.83. The Bertz CT molecular complexity index is 334. The van der Waals surface area contributed by atoms with Crippen molar-refractivity contribution < 1.29 is 9.18 Å². The molecular formula is C10H10FNOS. The first kappa shape index (κ1) is 10.9. The SMILES string of the molecule is CC(=O)SCC=Cc1ccc(F)nc1. The van der Waals surface area contributed by atoms with Crippen molar-refractivity contribution >= 4 is 23.0 Å². The molecule has 0 amide bonds. The lowest BCUT2D eigenvalue weighted by molar-refractivity contribution is -0.109. The lowest BCUT2D eigenvalue weighted by Gasteiger charge is -1.92. The van der Waals surface area contributed by atoms with E-state index < -0.39 is 5.95 Å². The van der Waals surface area contributed by atoms with Crippen LogP contribution in [0.3, 0.4) is 0 Å². The maximum atomic E-state index is 12.4. The van der Waals surface area contributed by atoms with Crippen LogP contribution >= 0.6 is 11.8 Å². The Labute approximate surface area is 86.2 Å². The number of hydrogen-bond donors (Lipinski definition) is 0. The standard InChI is InChI=1S/C10H10FNOS/c1-8(13)14-6-2-3-9-4-5-10(11)12-7-9/h2-5,7H,6H2,1H3. The summed E-state index contributed by atoms with van der Waals surface area (Å²) in [6, 6.07) is 2.94. The van der Waals surface area contributed by atoms with Gasteiger partial charge in [0, 0.05) is 18.9 Å². The third kappa shape index (κ3) is 4.18. The van der Waals surface area contributed by atoms with Crippen LogP contribution in [0.15, 0.2) is 24.4 Å². The lowest BCUT2D eigenvalue weighted by atomic mass is 10.3. The highest BCUT2D eigenvalue weighted by molar-refractivity contribution is 8.13. The third-order valence-corrected chi connectivity index (χ3v) is 2.21. The molecule has 0 saturated heterocycles. The zero-order valence-corrected chi connectivity index (χ0v) is 8.55. The summed E-state index contributed by atoms with van der Waals surface area (Å²) >= 11 is 1.23. The Hall–Kier alpha value is -1.16. The number of halogens is 1. The minimum Gasteiger partial charge on any atom is -0.288 e. The highest BCUT2D eigenvalue weighted by Crippen LogP contribution is 2.05. The van der Waals surface area contributed by atoms with Gasteiger partial charge in [-0.25, -0.2) is 4.98 Å². The molecule has 0 radical (unpaired) electrons. The van der Waals surface area contributed by atoms with Crippen LogP contribution in [0.25, 0.3) is 6.08 Å². The molecular weight excluding hydrogens is 201 g/mol. The number of carbonyl (C=O) groups excluding carboxylic acids is 1. The second kappa shape index (κ2) is 5.54. The molecule has 0 unspecified atom stereocenters. The zero-order valence-electron chi connectivity index (χ0n) is 7.74. The monoisotopic (exact) mass is 211 g/mol. The molecule has 0 N–H and O–H groups in total. The fourth-order valence-corrected chi connectivity index (χ4v) is 1.26. The van der Waals surface area contributed by atoms with Crippen molar-refractivity contribution in [1.82, 2.24) is 4.98 Å². The van der Waals surface area contributed by atoms with Gasteiger partial charge in [0.05, 0.1) is 0 Å². The number of carbonyl (C=O) groups is 1. The summed E-state index contributed by atoms with van der Waals surface area (Å²) in [4.78, 5) is 14.1. The van der Waals surface area contributed by atoms with E-state index >= 15 is 0 Å². The zero-order chi connectivity index (χ0) is 10.4. The quantitative estimate of drug-likeness (QED) is 0.719. The highest BCUT2D eigenvalue weighted by atomic mass is 32.2. The molecule has 0 atom stereocenters. The van der Waals surface area contributed by atoms with Gasteiger partial charge < -0.3 is 0 Å². The van der Waals surface area contributed by atoms with Crippen LogP contribution in [0, 0.1) is 5.95 Å². The number of hydrogen-bond acceptors (Lipinski definition) is 3. The molecule has 74 valence electrons. The summed E-state index contributed by atoms with van der Waals surface area (Å²) in [5.74, 6) is 0.146. The van der Waals surface area contributed by atoms with Crippen LogP contribution < -0.4 is 0 Å². The summed E-state index contributed by atoms with van der Waals surface area (Å²) in [6.07, 6.45) is 5.10. The first-order chi connectivity index (χ1) is 6.68. The van der Waals surface area contributed by atoms with Crippen molar-refractivity contribution in [2.45, 2.75) is 6.92 Å². The van der Waals surface area contributed by atoms with E-state index in [4.69, 9.17) is 0 Å². The number of aromatic nitrogens is 1. The van der Waals surface area contributed by atoms with Crippen LogP contribution in [0.1, 0.15) is 12.5 Å². The molecule has 1 aromatic rings. The van der Waals surface area contributed by atoms with Gasteiger partial charge in [-0.2, -0.15) is 4.39 Å². The van der Waals surface area contributed by atoms with Crippen LogP contribution in [0.5, 0.6) is 0 Å². The molecule has 14 heavy (non-hydrogen) atoms. The summed E-state index contributed by atoms with van der Waals surface area (Å²) in [7, 11) is 0. The number of pyridine rings is 1. The summed E-state index contributed by atoms with van der Waals surface area (Å²) in [5.41, 5.74) is 0.829. The normalized spacial score (nSPS) is 10.7. The fraction of sp³-hybridized carbons (Fsp3) is 0.200. The molecule has 0 aliphatic heterocycles. The molecule has 0 aromatic carbocycles. The van der Waals surface area contributed by atoms with E-state index in [-0.39, 0.29) is 5.12 Å². The first-order valence-electron chi connectivity index (χ1n) is 4.10. The molecule has 0 aliphatic carbocycles. The van der Waals surface area contributed by atoms with Crippen molar-refractivity contribution in [2.24, 2.45) is 0 Å². The molecule has 0 bridgehead atoms. The van der Waals surface area contributed by atoms with Gasteiger partial charge in [0.25, 0.3) is 0 Å². The Morgan fingerprint density at radius 3 is 3.00 bits per heavy atom. The van der Waals surface area contributed by atoms with Gasteiger partial charge >= 0.3 is 0 Å². The molecule has 0 aliphatic rings. The van der Waals surface area contributed by atoms with Crippen LogP contribution in [-0.2, 0) is 4.79 Å². The van der Waals surface area contributed by atoms with E-state index in [1.54, 1.807) is 6.07 Å². The maximum Gasteiger partial charge on any atom is 0.212 e. The highest BCUT2D eigenvalue weighted by Gasteiger charge is 1.91. The Morgan fingerprint density at radius 2 is 2.43 bits per heavy atom. The van der Waals surface area contributed by atoms with Crippen molar-refractivity contribution in [3.63, 3.8) is 0 Å². The molecule has 1 rings (SSSR count). The predicted octanol–water partition coefficient (Wildman–Crippen LogP) is 2.51. The smallest absolute Gasteiger partial charge is 0.212 e. The van der Waals surface area contributed by atoms with Gasteiger partial charge in [-0.15, -0.1) is 0 Å². The average molecular weight is 211 g/mol. The molecule has 0 saturated carbocycles. The Morgan fingerprint density at radius 1 is 1.64 bits per heavy atom. The van der Waals surface area contributed by atoms with E-state index in [9.17, 15) is 9.18 Å². The van der Waals surface area contributed by atoms with Crippen molar-refractivity contribution in [3.05, 3.63) is 35.9 Å². The van der Waals surface area contributed by atoms with E-state index in [1.165, 1.54) is 30.9 Å². The van der Waals surface area contributed by atoms with Crippen molar-refractivity contribution in [1.29, 1.82) is 0 Å². The van der Waals surface area contributed by atoms with Crippen LogP contribution in [-0.4, -0.2) is 15.9 Å². The van der Waals surface area contributed by atoms with Gasteiger partial charge in [0.15, 0.2) is 5.12 Å². The molecule has 2 nitrogen and oxygen atoms in total. The number of thioether (sulfide) groups is 1. The Balaban J connectivity index is 2.44. The number of nitrogens with zero attached hydrogens (tertiary/aromatic N) is 1. The van der Waals surface area contributed by atoms with Gasteiger partial charge in [0.2, 0.25) is 5.95 Å². The van der Waals surface area contributed by atoms with E-state index in [0.717, 1.165) is 5.56 Å². The second-order valence-corrected chi connectivity index (χ2v) is 3.82. The van der Waals surface area contributed by atoms with Gasteiger partial charge in [-0.1, -0.05) is 23.9 Å². The minimum absolute atomic E-state index is 0.0897. The van der Waals surface area contributed by atoms with Crippen LogP contribution in [0.2, 0.25) is 0 Å². The summed E-state index contributed by atoms with van der Waals surface area (Å²) in [5, 5.41) is 0.0897. The Kier molecular flexibility index (Phi) is 4.32. The number of rotatable bonds is 3. The molecule has 4 heteroatoms. The summed E-state index contributed by atoms with van der Waals surface area (Å²) < 4.78 is 12.4. The second-order valence-electron chi connectivity index (χ2n) is 2.62.